The number of halogens is 2. The number of hydrogen-bond acceptors (Lipinski definition) is 2. The quantitative estimate of drug-likeness (QED) is 0.820. The summed E-state index contributed by atoms with van der Waals surface area (Å²) in [7, 11) is 0. The molecule has 1 saturated heterocycles. The Morgan fingerprint density at radius 2 is 2.11 bits per heavy atom. The average Bonchev–Trinajstić information content (AvgIpc) is 2.25. The van der Waals surface area contributed by atoms with Crippen molar-refractivity contribution < 1.29 is 18.7 Å². The number of piperidine rings is 1. The van der Waals surface area contributed by atoms with Gasteiger partial charge >= 0.3 is 5.97 Å². The van der Waals surface area contributed by atoms with Crippen molar-refractivity contribution >= 4 is 5.97 Å². The van der Waals surface area contributed by atoms with Gasteiger partial charge in [-0.15, -0.1) is 0 Å². The predicted molar refractivity (Wildman–Crippen MR) is 65.7 cm³/mol. The van der Waals surface area contributed by atoms with Gasteiger partial charge in [0.25, 0.3) is 0 Å². The molecule has 0 aromatic rings. The third-order valence-electron chi connectivity index (χ3n) is 4.01. The summed E-state index contributed by atoms with van der Waals surface area (Å²) in [4.78, 5) is 11.5. The minimum absolute atomic E-state index is 0.0149. The van der Waals surface area contributed by atoms with E-state index in [-0.39, 0.29) is 24.2 Å². The molecule has 0 radical (unpaired) electrons. The molecule has 0 aliphatic carbocycles. The Kier molecular flexibility index (Phi) is 4.70. The first-order valence-electron chi connectivity index (χ1n) is 6.40. The molecule has 1 aliphatic heterocycles. The minimum Gasteiger partial charge on any atom is -0.481 e. The summed E-state index contributed by atoms with van der Waals surface area (Å²) in [5, 5.41) is 12.5. The number of nitrogens with one attached hydrogen (secondary N) is 1. The van der Waals surface area contributed by atoms with Crippen molar-refractivity contribution in [2.24, 2.45) is 16.7 Å². The van der Waals surface area contributed by atoms with Gasteiger partial charge in [-0.2, -0.15) is 0 Å². The van der Waals surface area contributed by atoms with Crippen molar-refractivity contribution in [2.45, 2.75) is 46.5 Å². The molecule has 0 bridgehead atoms. The van der Waals surface area contributed by atoms with Crippen molar-refractivity contribution in [2.75, 3.05) is 13.1 Å². The fourth-order valence-corrected chi connectivity index (χ4v) is 2.56. The molecule has 5 heteroatoms. The lowest BCUT2D eigenvalue weighted by atomic mass is 9.66. The molecule has 3 nitrogen and oxygen atoms in total. The van der Waals surface area contributed by atoms with Gasteiger partial charge in [0.15, 0.2) is 0 Å². The standard InChI is InChI=1S/C13H23F2NO2/c1-12(2,3)9-6-13(11(17)18,8-16-7-9)5-4-10(14)15/h9-10,16H,4-8H2,1-3H3,(H,17,18)/t9-,13-/m1/s1. The minimum atomic E-state index is -2.43. The van der Waals surface area contributed by atoms with Crippen LogP contribution in [-0.4, -0.2) is 30.6 Å². The first-order valence-corrected chi connectivity index (χ1v) is 6.40. The molecule has 1 fully saturated rings. The van der Waals surface area contributed by atoms with E-state index >= 15 is 0 Å². The molecule has 1 rings (SSSR count). The predicted octanol–water partition coefficient (Wildman–Crippen LogP) is 2.76. The second-order valence-electron chi connectivity index (χ2n) is 6.41. The number of carbonyl (C=O) groups is 1. The zero-order valence-corrected chi connectivity index (χ0v) is 11.3. The largest absolute Gasteiger partial charge is 0.481 e. The van der Waals surface area contributed by atoms with Crippen LogP contribution in [0.2, 0.25) is 0 Å². The number of hydrogen-bond donors (Lipinski definition) is 2. The number of alkyl halides is 2. The van der Waals surface area contributed by atoms with Crippen LogP contribution >= 0.6 is 0 Å². The maximum absolute atomic E-state index is 12.3. The van der Waals surface area contributed by atoms with Crippen LogP contribution in [-0.2, 0) is 4.79 Å². The highest BCUT2D eigenvalue weighted by atomic mass is 19.3. The van der Waals surface area contributed by atoms with Crippen molar-refractivity contribution in [3.05, 3.63) is 0 Å². The summed E-state index contributed by atoms with van der Waals surface area (Å²) < 4.78 is 24.7. The monoisotopic (exact) mass is 263 g/mol. The molecule has 0 spiro atoms. The second-order valence-corrected chi connectivity index (χ2v) is 6.41. The second kappa shape index (κ2) is 5.51. The Morgan fingerprint density at radius 1 is 1.50 bits per heavy atom. The Bertz CT molecular complexity index is 302. The molecule has 0 amide bonds. The molecule has 0 aromatic heterocycles. The lowest BCUT2D eigenvalue weighted by Crippen LogP contribution is -2.52. The molecule has 1 aliphatic rings. The van der Waals surface area contributed by atoms with Gasteiger partial charge < -0.3 is 10.4 Å². The van der Waals surface area contributed by atoms with Crippen LogP contribution in [0.1, 0.15) is 40.0 Å². The smallest absolute Gasteiger partial charge is 0.310 e. The molecule has 106 valence electrons. The third-order valence-corrected chi connectivity index (χ3v) is 4.01. The summed E-state index contributed by atoms with van der Waals surface area (Å²) >= 11 is 0. The van der Waals surface area contributed by atoms with E-state index in [0.29, 0.717) is 13.0 Å². The van der Waals surface area contributed by atoms with Crippen molar-refractivity contribution in [1.29, 1.82) is 0 Å². The molecule has 1 heterocycles. The maximum atomic E-state index is 12.3. The summed E-state index contributed by atoms with van der Waals surface area (Å²) in [6.07, 6.45) is -2.26. The van der Waals surface area contributed by atoms with E-state index in [1.807, 2.05) is 0 Å². The zero-order chi connectivity index (χ0) is 14.0. The Morgan fingerprint density at radius 3 is 2.56 bits per heavy atom. The molecule has 18 heavy (non-hydrogen) atoms. The van der Waals surface area contributed by atoms with E-state index in [1.165, 1.54) is 0 Å². The molecular formula is C13H23F2NO2. The van der Waals surface area contributed by atoms with Crippen LogP contribution in [0.4, 0.5) is 8.78 Å². The van der Waals surface area contributed by atoms with Crippen LogP contribution in [0.3, 0.4) is 0 Å². The van der Waals surface area contributed by atoms with Gasteiger partial charge in [0, 0.05) is 13.0 Å². The van der Waals surface area contributed by atoms with E-state index in [1.54, 1.807) is 0 Å². The highest BCUT2D eigenvalue weighted by Gasteiger charge is 2.45. The lowest BCUT2D eigenvalue weighted by molar-refractivity contribution is -0.153. The van der Waals surface area contributed by atoms with E-state index in [2.05, 4.69) is 26.1 Å². The summed E-state index contributed by atoms with van der Waals surface area (Å²) in [5.41, 5.74) is -1.05. The van der Waals surface area contributed by atoms with Gasteiger partial charge in [0.2, 0.25) is 6.43 Å². The van der Waals surface area contributed by atoms with Crippen LogP contribution < -0.4 is 5.32 Å². The molecule has 0 unspecified atom stereocenters. The van der Waals surface area contributed by atoms with Crippen LogP contribution in [0.15, 0.2) is 0 Å². The molecule has 0 saturated carbocycles. The van der Waals surface area contributed by atoms with Crippen LogP contribution in [0.5, 0.6) is 0 Å². The number of rotatable bonds is 4. The fraction of sp³-hybridized carbons (Fsp3) is 0.923. The highest BCUT2D eigenvalue weighted by molar-refractivity contribution is 5.75. The summed E-state index contributed by atoms with van der Waals surface area (Å²) in [5.74, 6) is -0.760. The van der Waals surface area contributed by atoms with Crippen LogP contribution in [0, 0.1) is 16.7 Å². The van der Waals surface area contributed by atoms with E-state index in [4.69, 9.17) is 0 Å². The Balaban J connectivity index is 2.81. The van der Waals surface area contributed by atoms with Gasteiger partial charge in [-0.3, -0.25) is 4.79 Å². The SMILES string of the molecule is CC(C)(C)[C@H]1CNC[C@](CCC(F)F)(C(=O)O)C1. The number of carboxylic acid groups (broad SMARTS) is 1. The summed E-state index contributed by atoms with van der Waals surface area (Å²) in [6.45, 7) is 7.23. The van der Waals surface area contributed by atoms with Gasteiger partial charge in [0.05, 0.1) is 5.41 Å². The van der Waals surface area contributed by atoms with Crippen molar-refractivity contribution in [3.63, 3.8) is 0 Å². The van der Waals surface area contributed by atoms with Gasteiger partial charge in [-0.25, -0.2) is 8.78 Å². The first kappa shape index (κ1) is 15.3. The molecular weight excluding hydrogens is 240 g/mol. The Hall–Kier alpha value is -0.710. The normalized spacial score (nSPS) is 29.6. The van der Waals surface area contributed by atoms with E-state index < -0.39 is 17.8 Å². The third kappa shape index (κ3) is 3.64. The van der Waals surface area contributed by atoms with Gasteiger partial charge in [0.1, 0.15) is 0 Å². The van der Waals surface area contributed by atoms with Crippen molar-refractivity contribution in [3.8, 4) is 0 Å². The lowest BCUT2D eigenvalue weighted by Gasteiger charge is -2.43. The molecule has 2 N–H and O–H groups in total. The van der Waals surface area contributed by atoms with E-state index in [0.717, 1.165) is 6.54 Å². The van der Waals surface area contributed by atoms with E-state index in [9.17, 15) is 18.7 Å². The average molecular weight is 263 g/mol. The van der Waals surface area contributed by atoms with Crippen molar-refractivity contribution in [1.82, 2.24) is 5.32 Å². The van der Waals surface area contributed by atoms with Gasteiger partial charge in [-0.05, 0) is 30.7 Å². The molecule has 2 atom stereocenters. The zero-order valence-electron chi connectivity index (χ0n) is 11.3. The van der Waals surface area contributed by atoms with Gasteiger partial charge in [-0.1, -0.05) is 20.8 Å². The summed E-state index contributed by atoms with van der Waals surface area (Å²) in [6, 6.07) is 0. The maximum Gasteiger partial charge on any atom is 0.310 e. The fourth-order valence-electron chi connectivity index (χ4n) is 2.56. The number of aliphatic carboxylic acids is 1. The first-order chi connectivity index (χ1) is 8.17. The number of carboxylic acids is 1. The Labute approximate surface area is 107 Å². The molecule has 0 aromatic carbocycles. The topological polar surface area (TPSA) is 49.3 Å². The van der Waals surface area contributed by atoms with Crippen LogP contribution in [0.25, 0.3) is 0 Å². The highest BCUT2D eigenvalue weighted by Crippen LogP contribution is 2.41.